The van der Waals surface area contributed by atoms with Crippen LogP contribution in [0.1, 0.15) is 6.42 Å². The molecule has 1 saturated heterocycles. The van der Waals surface area contributed by atoms with Crippen molar-refractivity contribution in [3.05, 3.63) is 23.9 Å². The molecule has 0 aromatic carbocycles. The SMILES string of the molecule is NC(=O)N1C(=O)[C@H](CC2=CCNC=C2)C1C(=O)O. The molecule has 3 amide bonds. The number of hydrogen-bond donors (Lipinski definition) is 3. The highest BCUT2D eigenvalue weighted by molar-refractivity contribution is 6.07. The molecule has 0 aromatic rings. The van der Waals surface area contributed by atoms with E-state index in [0.717, 1.165) is 5.57 Å². The molecule has 2 aliphatic heterocycles. The summed E-state index contributed by atoms with van der Waals surface area (Å²) in [5.74, 6) is -2.45. The first kappa shape index (κ1) is 12.2. The number of nitrogens with one attached hydrogen (secondary N) is 1. The number of carbonyl (C=O) groups excluding carboxylic acids is 2. The number of urea groups is 1. The van der Waals surface area contributed by atoms with Crippen LogP contribution in [0.25, 0.3) is 0 Å². The minimum absolute atomic E-state index is 0.303. The number of carboxylic acid groups (broad SMARTS) is 1. The summed E-state index contributed by atoms with van der Waals surface area (Å²) >= 11 is 0. The van der Waals surface area contributed by atoms with Gasteiger partial charge in [0.05, 0.1) is 5.92 Å². The predicted molar refractivity (Wildman–Crippen MR) is 61.2 cm³/mol. The second-order valence-corrected chi connectivity index (χ2v) is 4.16. The fourth-order valence-electron chi connectivity index (χ4n) is 2.17. The van der Waals surface area contributed by atoms with Crippen molar-refractivity contribution >= 4 is 17.9 Å². The van der Waals surface area contributed by atoms with Crippen molar-refractivity contribution in [3.8, 4) is 0 Å². The number of allylic oxidation sites excluding steroid dienone is 2. The molecule has 0 bridgehead atoms. The summed E-state index contributed by atoms with van der Waals surface area (Å²) in [5.41, 5.74) is 5.85. The summed E-state index contributed by atoms with van der Waals surface area (Å²) in [5, 5.41) is 12.0. The Morgan fingerprint density at radius 3 is 2.78 bits per heavy atom. The van der Waals surface area contributed by atoms with Crippen LogP contribution in [0.15, 0.2) is 23.9 Å². The molecule has 2 rings (SSSR count). The second-order valence-electron chi connectivity index (χ2n) is 4.16. The van der Waals surface area contributed by atoms with E-state index in [9.17, 15) is 14.4 Å². The maximum absolute atomic E-state index is 11.7. The summed E-state index contributed by atoms with van der Waals surface area (Å²) in [4.78, 5) is 34.3. The van der Waals surface area contributed by atoms with Crippen molar-refractivity contribution in [2.24, 2.45) is 11.7 Å². The number of rotatable bonds is 3. The number of hydrogen-bond acceptors (Lipinski definition) is 4. The monoisotopic (exact) mass is 251 g/mol. The Kier molecular flexibility index (Phi) is 3.05. The van der Waals surface area contributed by atoms with Crippen molar-refractivity contribution in [1.82, 2.24) is 10.2 Å². The molecular weight excluding hydrogens is 238 g/mol. The lowest BCUT2D eigenvalue weighted by molar-refractivity contribution is -0.165. The van der Waals surface area contributed by atoms with Gasteiger partial charge in [-0.25, -0.2) is 14.5 Å². The van der Waals surface area contributed by atoms with Gasteiger partial charge in [-0.2, -0.15) is 0 Å². The molecule has 1 unspecified atom stereocenters. The summed E-state index contributed by atoms with van der Waals surface area (Å²) in [6.07, 6.45) is 5.69. The van der Waals surface area contributed by atoms with Crippen LogP contribution in [0.5, 0.6) is 0 Å². The largest absolute Gasteiger partial charge is 0.480 e. The lowest BCUT2D eigenvalue weighted by Gasteiger charge is -2.42. The molecule has 4 N–H and O–H groups in total. The summed E-state index contributed by atoms with van der Waals surface area (Å²) in [6.45, 7) is 0.643. The number of amides is 3. The Balaban J connectivity index is 2.11. The Bertz CT molecular complexity index is 469. The fraction of sp³-hybridized carbons (Fsp3) is 0.364. The molecule has 1 fully saturated rings. The van der Waals surface area contributed by atoms with Gasteiger partial charge in [-0.3, -0.25) is 4.79 Å². The third kappa shape index (κ3) is 1.94. The van der Waals surface area contributed by atoms with E-state index >= 15 is 0 Å². The van der Waals surface area contributed by atoms with Crippen LogP contribution in [0.3, 0.4) is 0 Å². The van der Waals surface area contributed by atoms with E-state index in [2.05, 4.69) is 5.32 Å². The quantitative estimate of drug-likeness (QED) is 0.580. The minimum Gasteiger partial charge on any atom is -0.480 e. The zero-order valence-corrected chi connectivity index (χ0v) is 9.50. The van der Waals surface area contributed by atoms with E-state index in [1.807, 2.05) is 6.08 Å². The van der Waals surface area contributed by atoms with Gasteiger partial charge in [-0.1, -0.05) is 6.08 Å². The molecule has 18 heavy (non-hydrogen) atoms. The molecule has 2 heterocycles. The van der Waals surface area contributed by atoms with Crippen LogP contribution in [0.4, 0.5) is 4.79 Å². The molecule has 7 nitrogen and oxygen atoms in total. The van der Waals surface area contributed by atoms with Gasteiger partial charge >= 0.3 is 12.0 Å². The third-order valence-electron chi connectivity index (χ3n) is 3.06. The molecule has 0 radical (unpaired) electrons. The number of nitrogens with zero attached hydrogens (tertiary/aromatic N) is 1. The lowest BCUT2D eigenvalue weighted by atomic mass is 9.82. The number of likely N-dealkylation sites (tertiary alicyclic amines) is 1. The summed E-state index contributed by atoms with van der Waals surface area (Å²) in [7, 11) is 0. The van der Waals surface area contributed by atoms with Gasteiger partial charge in [-0.05, 0) is 24.3 Å². The van der Waals surface area contributed by atoms with Crippen LogP contribution in [-0.2, 0) is 9.59 Å². The van der Waals surface area contributed by atoms with Crippen LogP contribution in [-0.4, -0.2) is 40.5 Å². The van der Waals surface area contributed by atoms with E-state index in [0.29, 0.717) is 17.9 Å². The van der Waals surface area contributed by atoms with Crippen LogP contribution in [0, 0.1) is 5.92 Å². The van der Waals surface area contributed by atoms with Gasteiger partial charge in [-0.15, -0.1) is 0 Å². The van der Waals surface area contributed by atoms with E-state index in [1.165, 1.54) is 0 Å². The van der Waals surface area contributed by atoms with E-state index in [1.54, 1.807) is 12.3 Å². The number of nitrogens with two attached hydrogens (primary N) is 1. The minimum atomic E-state index is -1.21. The average Bonchev–Trinajstić information content (AvgIpc) is 2.32. The normalized spacial score (nSPS) is 26.1. The van der Waals surface area contributed by atoms with Gasteiger partial charge < -0.3 is 16.2 Å². The highest BCUT2D eigenvalue weighted by Crippen LogP contribution is 2.32. The smallest absolute Gasteiger partial charge is 0.327 e. The summed E-state index contributed by atoms with van der Waals surface area (Å²) in [6, 6.07) is -2.17. The maximum atomic E-state index is 11.7. The van der Waals surface area contributed by atoms with Gasteiger partial charge in [0, 0.05) is 6.54 Å². The number of aliphatic carboxylic acids is 1. The topological polar surface area (TPSA) is 113 Å². The molecule has 0 aromatic heterocycles. The highest BCUT2D eigenvalue weighted by atomic mass is 16.4. The second kappa shape index (κ2) is 4.52. The van der Waals surface area contributed by atoms with Gasteiger partial charge in [0.15, 0.2) is 6.04 Å². The Morgan fingerprint density at radius 2 is 2.28 bits per heavy atom. The molecule has 2 atom stereocenters. The molecule has 0 aliphatic carbocycles. The predicted octanol–water partition coefficient (Wildman–Crippen LogP) is -0.590. The molecule has 96 valence electrons. The fourth-order valence-corrected chi connectivity index (χ4v) is 2.17. The zero-order chi connectivity index (χ0) is 13.3. The first-order chi connectivity index (χ1) is 8.52. The molecule has 0 spiro atoms. The van der Waals surface area contributed by atoms with Crippen LogP contribution >= 0.6 is 0 Å². The summed E-state index contributed by atoms with van der Waals surface area (Å²) < 4.78 is 0. The average molecular weight is 251 g/mol. The van der Waals surface area contributed by atoms with Crippen molar-refractivity contribution in [1.29, 1.82) is 0 Å². The van der Waals surface area contributed by atoms with Gasteiger partial charge in [0.2, 0.25) is 5.91 Å². The number of primary amides is 1. The standard InChI is InChI=1S/C11H13N3O4/c12-11(18)14-8(10(16)17)7(9(14)15)5-6-1-3-13-4-2-6/h1-3,7-8,13H,4-5H2,(H2,12,18)(H,16,17)/t7-,8?/m1/s1. The molecular formula is C11H13N3O4. The number of dihydropyridines is 1. The van der Waals surface area contributed by atoms with Crippen molar-refractivity contribution in [2.45, 2.75) is 12.5 Å². The molecule has 2 aliphatic rings. The van der Waals surface area contributed by atoms with E-state index in [4.69, 9.17) is 10.8 Å². The van der Waals surface area contributed by atoms with Crippen LogP contribution in [0.2, 0.25) is 0 Å². The van der Waals surface area contributed by atoms with E-state index < -0.39 is 29.9 Å². The Hall–Kier alpha value is -2.31. The van der Waals surface area contributed by atoms with Gasteiger partial charge in [0.1, 0.15) is 0 Å². The van der Waals surface area contributed by atoms with Crippen molar-refractivity contribution in [2.75, 3.05) is 6.54 Å². The lowest BCUT2D eigenvalue weighted by Crippen LogP contribution is -2.67. The Morgan fingerprint density at radius 1 is 1.56 bits per heavy atom. The van der Waals surface area contributed by atoms with Crippen molar-refractivity contribution < 1.29 is 19.5 Å². The first-order valence-electron chi connectivity index (χ1n) is 5.46. The van der Waals surface area contributed by atoms with Crippen molar-refractivity contribution in [3.63, 3.8) is 0 Å². The van der Waals surface area contributed by atoms with Gasteiger partial charge in [0.25, 0.3) is 0 Å². The Labute approximate surface area is 103 Å². The zero-order valence-electron chi connectivity index (χ0n) is 9.50. The molecule has 7 heteroatoms. The number of β-lactam (4-membered cyclic amide) rings is 1. The van der Waals surface area contributed by atoms with Crippen LogP contribution < -0.4 is 11.1 Å². The number of carboxylic acids is 1. The van der Waals surface area contributed by atoms with E-state index in [-0.39, 0.29) is 0 Å². The third-order valence-corrected chi connectivity index (χ3v) is 3.06. The molecule has 0 saturated carbocycles. The number of carbonyl (C=O) groups is 3. The highest BCUT2D eigenvalue weighted by Gasteiger charge is 2.54. The first-order valence-corrected chi connectivity index (χ1v) is 5.46. The number of imide groups is 1. The maximum Gasteiger partial charge on any atom is 0.327 e.